The second-order valence-electron chi connectivity index (χ2n) is 9.79. The first-order valence-electron chi connectivity index (χ1n) is 12.7. The number of fused-ring (bicyclic) bond motifs is 1. The molecule has 2 heterocycles. The number of nitrogens with zero attached hydrogens (tertiary/aromatic N) is 1. The Kier molecular flexibility index (Phi) is 9.28. The fourth-order valence-electron chi connectivity index (χ4n) is 4.63. The van der Waals surface area contributed by atoms with Gasteiger partial charge in [0.1, 0.15) is 24.2 Å². The standard InChI is InChI=1S/C26H37N5O6/c1-4-14(2)22(30-23(33)20-10-7-11-31(20)25(35)21(27)15(3)32)24(34)29-19(26(36)37)12-16-13-28-18-9-6-5-8-17(16)18/h5-6,8-9,13-15,19-22,28,32H,4,7,10-12,27H2,1-3H3,(H,29,34)(H,30,33)(H,36,37). The van der Waals surface area contributed by atoms with Gasteiger partial charge in [0.2, 0.25) is 17.7 Å². The van der Waals surface area contributed by atoms with Crippen LogP contribution in [0, 0.1) is 5.92 Å². The van der Waals surface area contributed by atoms with Crippen LogP contribution >= 0.6 is 0 Å². The van der Waals surface area contributed by atoms with Crippen LogP contribution in [-0.2, 0) is 25.6 Å². The van der Waals surface area contributed by atoms with Crippen molar-refractivity contribution in [2.24, 2.45) is 11.7 Å². The molecule has 1 aliphatic rings. The van der Waals surface area contributed by atoms with Crippen LogP contribution in [0.3, 0.4) is 0 Å². The number of aliphatic hydroxyl groups excluding tert-OH is 1. The van der Waals surface area contributed by atoms with E-state index >= 15 is 0 Å². The smallest absolute Gasteiger partial charge is 0.326 e. The number of aromatic amines is 1. The van der Waals surface area contributed by atoms with E-state index in [-0.39, 0.29) is 12.3 Å². The number of amides is 3. The highest BCUT2D eigenvalue weighted by atomic mass is 16.4. The van der Waals surface area contributed by atoms with Gasteiger partial charge in [-0.2, -0.15) is 0 Å². The third kappa shape index (κ3) is 6.47. The Hall–Kier alpha value is -3.44. The van der Waals surface area contributed by atoms with E-state index in [0.717, 1.165) is 16.5 Å². The van der Waals surface area contributed by atoms with Crippen molar-refractivity contribution in [1.82, 2.24) is 20.5 Å². The lowest BCUT2D eigenvalue weighted by atomic mass is 9.96. The normalized spacial score (nSPS) is 19.6. The first-order chi connectivity index (χ1) is 17.5. The number of carboxylic acids is 1. The number of hydrogen-bond acceptors (Lipinski definition) is 6. The van der Waals surface area contributed by atoms with E-state index in [9.17, 15) is 29.4 Å². The Morgan fingerprint density at radius 2 is 1.89 bits per heavy atom. The molecule has 7 N–H and O–H groups in total. The third-order valence-electron chi connectivity index (χ3n) is 7.15. The fourth-order valence-corrected chi connectivity index (χ4v) is 4.63. The molecule has 3 rings (SSSR count). The van der Waals surface area contributed by atoms with Crippen molar-refractivity contribution in [3.8, 4) is 0 Å². The quantitative estimate of drug-likeness (QED) is 0.252. The second-order valence-corrected chi connectivity index (χ2v) is 9.79. The number of rotatable bonds is 11. The predicted octanol–water partition coefficient (Wildman–Crippen LogP) is 0.510. The number of likely N-dealkylation sites (tertiary alicyclic amines) is 1. The minimum atomic E-state index is -1.20. The van der Waals surface area contributed by atoms with Gasteiger partial charge in [0.05, 0.1) is 6.10 Å². The maximum Gasteiger partial charge on any atom is 0.326 e. The van der Waals surface area contributed by atoms with Gasteiger partial charge in [-0.25, -0.2) is 4.79 Å². The number of aliphatic hydroxyl groups is 1. The summed E-state index contributed by atoms with van der Waals surface area (Å²) in [7, 11) is 0. The summed E-state index contributed by atoms with van der Waals surface area (Å²) in [6.07, 6.45) is 2.26. The number of H-pyrrole nitrogens is 1. The van der Waals surface area contributed by atoms with Crippen LogP contribution < -0.4 is 16.4 Å². The van der Waals surface area contributed by atoms with Crippen LogP contribution in [0.4, 0.5) is 0 Å². The highest BCUT2D eigenvalue weighted by molar-refractivity contribution is 5.95. The number of carbonyl (C=O) groups is 4. The fraction of sp³-hybridized carbons (Fsp3) is 0.538. The number of carbonyl (C=O) groups excluding carboxylic acids is 3. The molecule has 11 nitrogen and oxygen atoms in total. The van der Waals surface area contributed by atoms with Crippen molar-refractivity contribution >= 4 is 34.6 Å². The molecule has 0 spiro atoms. The zero-order valence-corrected chi connectivity index (χ0v) is 21.4. The Bertz CT molecular complexity index is 1130. The minimum absolute atomic E-state index is 0.0639. The molecule has 1 aromatic carbocycles. The van der Waals surface area contributed by atoms with Crippen LogP contribution in [0.25, 0.3) is 10.9 Å². The molecule has 6 unspecified atom stereocenters. The molecular formula is C26H37N5O6. The Morgan fingerprint density at radius 3 is 2.54 bits per heavy atom. The molecule has 202 valence electrons. The largest absolute Gasteiger partial charge is 0.480 e. The van der Waals surface area contributed by atoms with E-state index in [4.69, 9.17) is 5.73 Å². The molecule has 11 heteroatoms. The molecule has 6 atom stereocenters. The van der Waals surface area contributed by atoms with Gasteiger partial charge in [0.15, 0.2) is 0 Å². The van der Waals surface area contributed by atoms with Crippen molar-refractivity contribution in [2.75, 3.05) is 6.54 Å². The molecule has 1 aliphatic heterocycles. The molecule has 0 radical (unpaired) electrons. The summed E-state index contributed by atoms with van der Waals surface area (Å²) in [5, 5.41) is 25.7. The molecule has 1 saturated heterocycles. The number of aliphatic carboxylic acids is 1. The molecule has 2 aromatic rings. The van der Waals surface area contributed by atoms with Gasteiger partial charge >= 0.3 is 5.97 Å². The summed E-state index contributed by atoms with van der Waals surface area (Å²) >= 11 is 0. The van der Waals surface area contributed by atoms with Crippen molar-refractivity contribution in [3.63, 3.8) is 0 Å². The monoisotopic (exact) mass is 515 g/mol. The summed E-state index contributed by atoms with van der Waals surface area (Å²) in [5.74, 6) is -3.12. The second kappa shape index (κ2) is 12.2. The third-order valence-corrected chi connectivity index (χ3v) is 7.15. The molecule has 1 fully saturated rings. The lowest BCUT2D eigenvalue weighted by Crippen LogP contribution is -2.59. The molecule has 37 heavy (non-hydrogen) atoms. The zero-order chi connectivity index (χ0) is 27.3. The van der Waals surface area contributed by atoms with Crippen molar-refractivity contribution in [2.45, 2.75) is 76.7 Å². The summed E-state index contributed by atoms with van der Waals surface area (Å²) in [4.78, 5) is 55.7. The topological polar surface area (TPSA) is 178 Å². The van der Waals surface area contributed by atoms with E-state index in [2.05, 4.69) is 15.6 Å². The first-order valence-corrected chi connectivity index (χ1v) is 12.7. The van der Waals surface area contributed by atoms with Gasteiger partial charge in [0, 0.05) is 30.1 Å². The van der Waals surface area contributed by atoms with Gasteiger partial charge in [-0.05, 0) is 37.3 Å². The highest BCUT2D eigenvalue weighted by Crippen LogP contribution is 2.21. The Labute approximate surface area is 215 Å². The van der Waals surface area contributed by atoms with E-state index in [0.29, 0.717) is 25.8 Å². The SMILES string of the molecule is CCC(C)C(NC(=O)C1CCCN1C(=O)C(N)C(C)O)C(=O)NC(Cc1c[nH]c2ccccc12)C(=O)O. The highest BCUT2D eigenvalue weighted by Gasteiger charge is 2.39. The number of hydrogen-bond donors (Lipinski definition) is 6. The lowest BCUT2D eigenvalue weighted by Gasteiger charge is -2.30. The van der Waals surface area contributed by atoms with Crippen LogP contribution in [0.1, 0.15) is 45.6 Å². The van der Waals surface area contributed by atoms with E-state index < -0.39 is 54.0 Å². The molecule has 0 aliphatic carbocycles. The van der Waals surface area contributed by atoms with Crippen LogP contribution in [0.15, 0.2) is 30.5 Å². The number of benzene rings is 1. The summed E-state index contributed by atoms with van der Waals surface area (Å²) < 4.78 is 0. The van der Waals surface area contributed by atoms with Gasteiger partial charge < -0.3 is 36.5 Å². The molecular weight excluding hydrogens is 478 g/mol. The van der Waals surface area contributed by atoms with E-state index in [1.165, 1.54) is 11.8 Å². The number of carboxylic acid groups (broad SMARTS) is 1. The van der Waals surface area contributed by atoms with Gasteiger partial charge in [0.25, 0.3) is 0 Å². The Morgan fingerprint density at radius 1 is 1.19 bits per heavy atom. The van der Waals surface area contributed by atoms with Gasteiger partial charge in [-0.15, -0.1) is 0 Å². The van der Waals surface area contributed by atoms with Crippen molar-refractivity contribution < 1.29 is 29.4 Å². The number of aromatic nitrogens is 1. The average Bonchev–Trinajstić information content (AvgIpc) is 3.53. The minimum Gasteiger partial charge on any atom is -0.480 e. The number of nitrogens with two attached hydrogens (primary N) is 1. The maximum absolute atomic E-state index is 13.3. The van der Waals surface area contributed by atoms with E-state index in [1.54, 1.807) is 13.1 Å². The summed E-state index contributed by atoms with van der Waals surface area (Å²) in [5.41, 5.74) is 7.42. The lowest BCUT2D eigenvalue weighted by molar-refractivity contribution is -0.144. The molecule has 0 bridgehead atoms. The maximum atomic E-state index is 13.3. The summed E-state index contributed by atoms with van der Waals surface area (Å²) in [6.45, 7) is 5.39. The van der Waals surface area contributed by atoms with Crippen LogP contribution in [0.2, 0.25) is 0 Å². The number of nitrogens with one attached hydrogen (secondary N) is 3. The van der Waals surface area contributed by atoms with Crippen molar-refractivity contribution in [1.29, 1.82) is 0 Å². The van der Waals surface area contributed by atoms with Gasteiger partial charge in [-0.3, -0.25) is 14.4 Å². The average molecular weight is 516 g/mol. The first kappa shape index (κ1) is 28.1. The molecule has 0 saturated carbocycles. The summed E-state index contributed by atoms with van der Waals surface area (Å²) in [6, 6.07) is 3.31. The predicted molar refractivity (Wildman–Crippen MR) is 137 cm³/mol. The molecule has 1 aromatic heterocycles. The number of para-hydroxylation sites is 1. The van der Waals surface area contributed by atoms with Gasteiger partial charge in [-0.1, -0.05) is 38.5 Å². The van der Waals surface area contributed by atoms with Crippen LogP contribution in [0.5, 0.6) is 0 Å². The van der Waals surface area contributed by atoms with E-state index in [1.807, 2.05) is 31.2 Å². The van der Waals surface area contributed by atoms with Crippen molar-refractivity contribution in [3.05, 3.63) is 36.0 Å². The van der Waals surface area contributed by atoms with Crippen LogP contribution in [-0.4, -0.2) is 80.6 Å². The Balaban J connectivity index is 1.73. The molecule has 3 amide bonds. The zero-order valence-electron chi connectivity index (χ0n) is 21.4.